The van der Waals surface area contributed by atoms with Crippen molar-refractivity contribution < 1.29 is 15.0 Å². The molecule has 3 nitrogen and oxygen atoms in total. The highest BCUT2D eigenvalue weighted by molar-refractivity contribution is 14.1. The third kappa shape index (κ3) is 2.58. The molecule has 0 rings (SSSR count). The van der Waals surface area contributed by atoms with Crippen molar-refractivity contribution >= 4 is 28.4 Å². The first-order valence-corrected chi connectivity index (χ1v) is 3.62. The molecule has 0 saturated carbocycles. The number of ketones is 1. The van der Waals surface area contributed by atoms with E-state index in [1.807, 2.05) is 22.6 Å². The zero-order valence-electron chi connectivity index (χ0n) is 4.17. The van der Waals surface area contributed by atoms with Crippen LogP contribution in [0.4, 0.5) is 0 Å². The standard InChI is InChI=1S/C4H7IO3/c5-1-3(7)4(8)2-6/h4,6,8H,1-2H2. The summed E-state index contributed by atoms with van der Waals surface area (Å²) >= 11 is 1.83. The summed E-state index contributed by atoms with van der Waals surface area (Å²) in [6, 6.07) is 0. The van der Waals surface area contributed by atoms with E-state index in [0.717, 1.165) is 0 Å². The molecule has 0 aliphatic rings. The van der Waals surface area contributed by atoms with Gasteiger partial charge in [-0.05, 0) is 0 Å². The Bertz CT molecular complexity index is 83.4. The molecule has 0 aromatic carbocycles. The lowest BCUT2D eigenvalue weighted by atomic mass is 10.3. The van der Waals surface area contributed by atoms with Crippen LogP contribution < -0.4 is 0 Å². The van der Waals surface area contributed by atoms with Crippen LogP contribution in [0.15, 0.2) is 0 Å². The van der Waals surface area contributed by atoms with Crippen LogP contribution in [0.2, 0.25) is 0 Å². The van der Waals surface area contributed by atoms with Crippen LogP contribution >= 0.6 is 22.6 Å². The van der Waals surface area contributed by atoms with E-state index in [-0.39, 0.29) is 10.2 Å². The monoisotopic (exact) mass is 230 g/mol. The summed E-state index contributed by atoms with van der Waals surface area (Å²) in [6.45, 7) is -0.470. The van der Waals surface area contributed by atoms with Gasteiger partial charge in [-0.3, -0.25) is 4.79 Å². The Hall–Kier alpha value is 0.320. The molecule has 0 radical (unpaired) electrons. The van der Waals surface area contributed by atoms with Crippen LogP contribution in [0.3, 0.4) is 0 Å². The largest absolute Gasteiger partial charge is 0.393 e. The molecule has 4 heteroatoms. The van der Waals surface area contributed by atoms with Crippen LogP contribution in [-0.2, 0) is 4.79 Å². The highest BCUT2D eigenvalue weighted by Crippen LogP contribution is 1.89. The second-order valence-electron chi connectivity index (χ2n) is 1.30. The number of Topliss-reactive ketones (excluding diaryl/α,β-unsaturated/α-hetero) is 1. The van der Waals surface area contributed by atoms with Crippen molar-refractivity contribution in [3.05, 3.63) is 0 Å². The lowest BCUT2D eigenvalue weighted by Gasteiger charge is -1.99. The predicted octanol–water partition coefficient (Wildman–Crippen LogP) is -0.656. The Balaban J connectivity index is 3.46. The fraction of sp³-hybridized carbons (Fsp3) is 0.750. The first kappa shape index (κ1) is 8.32. The highest BCUT2D eigenvalue weighted by atomic mass is 127. The summed E-state index contributed by atoms with van der Waals surface area (Å²) in [4.78, 5) is 10.3. The molecule has 0 aliphatic carbocycles. The molecule has 0 fully saturated rings. The quantitative estimate of drug-likeness (QED) is 0.500. The first-order chi connectivity index (χ1) is 3.72. The van der Waals surface area contributed by atoms with Crippen molar-refractivity contribution in [3.8, 4) is 0 Å². The number of hydrogen-bond donors (Lipinski definition) is 2. The van der Waals surface area contributed by atoms with Gasteiger partial charge in [0.2, 0.25) is 0 Å². The van der Waals surface area contributed by atoms with Gasteiger partial charge in [-0.2, -0.15) is 0 Å². The number of alkyl halides is 1. The molecular weight excluding hydrogens is 223 g/mol. The number of aliphatic hydroxyl groups is 2. The van der Waals surface area contributed by atoms with Gasteiger partial charge in [0.1, 0.15) is 6.10 Å². The second kappa shape index (κ2) is 4.22. The number of hydrogen-bond acceptors (Lipinski definition) is 3. The van der Waals surface area contributed by atoms with E-state index in [1.54, 1.807) is 0 Å². The summed E-state index contributed by atoms with van der Waals surface area (Å²) < 4.78 is 0.249. The smallest absolute Gasteiger partial charge is 0.173 e. The van der Waals surface area contributed by atoms with E-state index >= 15 is 0 Å². The van der Waals surface area contributed by atoms with Crippen LogP contribution in [0.25, 0.3) is 0 Å². The van der Waals surface area contributed by atoms with Gasteiger partial charge in [-0.25, -0.2) is 0 Å². The van der Waals surface area contributed by atoms with Crippen molar-refractivity contribution in [3.63, 3.8) is 0 Å². The molecule has 8 heavy (non-hydrogen) atoms. The van der Waals surface area contributed by atoms with Crippen molar-refractivity contribution in [1.82, 2.24) is 0 Å². The maximum absolute atomic E-state index is 10.3. The number of aliphatic hydroxyl groups excluding tert-OH is 2. The summed E-state index contributed by atoms with van der Waals surface area (Å²) in [7, 11) is 0. The van der Waals surface area contributed by atoms with Crippen molar-refractivity contribution in [2.24, 2.45) is 0 Å². The van der Waals surface area contributed by atoms with Crippen LogP contribution in [-0.4, -0.2) is 33.1 Å². The van der Waals surface area contributed by atoms with E-state index < -0.39 is 12.7 Å². The molecule has 1 atom stereocenters. The third-order valence-corrected chi connectivity index (χ3v) is 1.43. The molecule has 0 aliphatic heterocycles. The minimum Gasteiger partial charge on any atom is -0.393 e. The second-order valence-corrected chi connectivity index (χ2v) is 2.06. The topological polar surface area (TPSA) is 57.5 Å². The lowest BCUT2D eigenvalue weighted by molar-refractivity contribution is -0.125. The Labute approximate surface area is 60.8 Å². The fourth-order valence-electron chi connectivity index (χ4n) is 0.191. The molecule has 0 aromatic rings. The number of rotatable bonds is 3. The molecule has 0 heterocycles. The molecule has 0 aromatic heterocycles. The van der Waals surface area contributed by atoms with E-state index in [2.05, 4.69) is 0 Å². The van der Waals surface area contributed by atoms with Gasteiger partial charge in [0.05, 0.1) is 11.0 Å². The van der Waals surface area contributed by atoms with E-state index in [1.165, 1.54) is 0 Å². The average molecular weight is 230 g/mol. The average Bonchev–Trinajstić information content (AvgIpc) is 1.84. The maximum Gasteiger partial charge on any atom is 0.173 e. The number of carbonyl (C=O) groups excluding carboxylic acids is 1. The van der Waals surface area contributed by atoms with E-state index in [0.29, 0.717) is 0 Å². The van der Waals surface area contributed by atoms with Crippen LogP contribution in [0.1, 0.15) is 0 Å². The summed E-state index contributed by atoms with van der Waals surface area (Å²) in [5.74, 6) is -0.326. The van der Waals surface area contributed by atoms with E-state index in [4.69, 9.17) is 10.2 Å². The zero-order valence-corrected chi connectivity index (χ0v) is 6.33. The van der Waals surface area contributed by atoms with Gasteiger partial charge in [0.15, 0.2) is 5.78 Å². The maximum atomic E-state index is 10.3. The van der Waals surface area contributed by atoms with Gasteiger partial charge in [-0.1, -0.05) is 22.6 Å². The normalized spacial score (nSPS) is 13.4. The van der Waals surface area contributed by atoms with Crippen molar-refractivity contribution in [2.75, 3.05) is 11.0 Å². The van der Waals surface area contributed by atoms with E-state index in [9.17, 15) is 4.79 Å². The molecule has 48 valence electrons. The Morgan fingerprint density at radius 3 is 2.38 bits per heavy atom. The Morgan fingerprint density at radius 1 is 1.75 bits per heavy atom. The Kier molecular flexibility index (Phi) is 4.39. The lowest BCUT2D eigenvalue weighted by Crippen LogP contribution is -2.24. The molecule has 0 amide bonds. The molecular formula is C4H7IO3. The molecule has 0 saturated heterocycles. The zero-order chi connectivity index (χ0) is 6.57. The molecule has 0 bridgehead atoms. The van der Waals surface area contributed by atoms with Crippen LogP contribution in [0.5, 0.6) is 0 Å². The molecule has 1 unspecified atom stereocenters. The fourth-order valence-corrected chi connectivity index (χ4v) is 0.699. The van der Waals surface area contributed by atoms with Gasteiger partial charge in [0.25, 0.3) is 0 Å². The highest BCUT2D eigenvalue weighted by Gasteiger charge is 2.10. The van der Waals surface area contributed by atoms with Crippen molar-refractivity contribution in [2.45, 2.75) is 6.10 Å². The minimum atomic E-state index is -1.17. The summed E-state index contributed by atoms with van der Waals surface area (Å²) in [5, 5.41) is 16.7. The summed E-state index contributed by atoms with van der Waals surface area (Å²) in [6.07, 6.45) is -1.17. The van der Waals surface area contributed by atoms with Gasteiger partial charge < -0.3 is 10.2 Å². The summed E-state index contributed by atoms with van der Waals surface area (Å²) in [5.41, 5.74) is 0. The van der Waals surface area contributed by atoms with Gasteiger partial charge in [0, 0.05) is 0 Å². The predicted molar refractivity (Wildman–Crippen MR) is 37.0 cm³/mol. The van der Waals surface area contributed by atoms with Gasteiger partial charge >= 0.3 is 0 Å². The minimum absolute atomic E-state index is 0.249. The van der Waals surface area contributed by atoms with Gasteiger partial charge in [-0.15, -0.1) is 0 Å². The third-order valence-electron chi connectivity index (χ3n) is 0.676. The Morgan fingerprint density at radius 2 is 2.25 bits per heavy atom. The molecule has 2 N–H and O–H groups in total. The van der Waals surface area contributed by atoms with Crippen LogP contribution in [0, 0.1) is 0 Å². The number of carbonyl (C=O) groups is 1. The number of halogens is 1. The molecule has 0 spiro atoms. The van der Waals surface area contributed by atoms with Crippen molar-refractivity contribution in [1.29, 1.82) is 0 Å². The first-order valence-electron chi connectivity index (χ1n) is 2.10. The SMILES string of the molecule is O=C(CI)C(O)CO.